The molecule has 3 rings (SSSR count). The molecule has 1 saturated heterocycles. The van der Waals surface area contributed by atoms with Gasteiger partial charge in [-0.15, -0.1) is 0 Å². The quantitative estimate of drug-likeness (QED) is 0.853. The van der Waals surface area contributed by atoms with Crippen molar-refractivity contribution in [2.45, 2.75) is 6.67 Å². The molecule has 2 heterocycles. The number of nitrogens with zero attached hydrogens (tertiary/aromatic N) is 3. The molecule has 0 bridgehead atoms. The molecule has 0 spiro atoms. The number of amides is 2. The van der Waals surface area contributed by atoms with Crippen molar-refractivity contribution in [1.82, 2.24) is 15.2 Å². The van der Waals surface area contributed by atoms with E-state index in [1.165, 1.54) is 7.05 Å². The van der Waals surface area contributed by atoms with E-state index in [4.69, 9.17) is 4.74 Å². The fourth-order valence-corrected chi connectivity index (χ4v) is 2.99. The van der Waals surface area contributed by atoms with E-state index in [0.717, 1.165) is 16.9 Å². The molecule has 7 nitrogen and oxygen atoms in total. The molecule has 1 aromatic carbocycles. The monoisotopic (exact) mass is 386 g/mol. The molecule has 1 aliphatic rings. The number of benzene rings is 1. The minimum Gasteiger partial charge on any atom is -0.439 e. The van der Waals surface area contributed by atoms with E-state index in [2.05, 4.69) is 15.2 Å². The zero-order chi connectivity index (χ0) is 19.9. The number of hydrogen-bond acceptors (Lipinski definition) is 5. The maximum absolute atomic E-state index is 12.8. The molecule has 8 heteroatoms. The predicted molar refractivity (Wildman–Crippen MR) is 104 cm³/mol. The van der Waals surface area contributed by atoms with Crippen LogP contribution in [0.1, 0.15) is 5.56 Å². The maximum atomic E-state index is 12.8. The summed E-state index contributed by atoms with van der Waals surface area (Å²) in [7, 11) is 1.49. The van der Waals surface area contributed by atoms with Crippen LogP contribution in [0.3, 0.4) is 0 Å². The lowest BCUT2D eigenvalue weighted by atomic mass is 10.1. The molecule has 2 amide bonds. The summed E-state index contributed by atoms with van der Waals surface area (Å²) < 4.78 is 17.8. The first-order chi connectivity index (χ1) is 13.6. The molecule has 2 aromatic rings. The Hall–Kier alpha value is -3.16. The largest absolute Gasteiger partial charge is 0.439 e. The number of aromatic nitrogens is 1. The van der Waals surface area contributed by atoms with Crippen molar-refractivity contribution in [3.05, 3.63) is 48.2 Å². The second kappa shape index (κ2) is 9.16. The van der Waals surface area contributed by atoms with E-state index >= 15 is 0 Å². The average molecular weight is 386 g/mol. The summed E-state index contributed by atoms with van der Waals surface area (Å²) in [6.07, 6.45) is 1.29. The minimum absolute atomic E-state index is 0.276. The summed E-state index contributed by atoms with van der Waals surface area (Å²) in [6.45, 7) is 1.47. The molecule has 0 unspecified atom stereocenters. The van der Waals surface area contributed by atoms with Crippen LogP contribution in [-0.2, 0) is 16.2 Å². The molecule has 1 fully saturated rings. The zero-order valence-electron chi connectivity index (χ0n) is 15.7. The van der Waals surface area contributed by atoms with Crippen molar-refractivity contribution in [2.24, 2.45) is 0 Å². The third-order valence-corrected chi connectivity index (χ3v) is 4.63. The predicted octanol–water partition coefficient (Wildman–Crippen LogP) is 2.22. The summed E-state index contributed by atoms with van der Waals surface area (Å²) in [6, 6.07) is 11.2. The Morgan fingerprint density at radius 3 is 2.57 bits per heavy atom. The van der Waals surface area contributed by atoms with Gasteiger partial charge in [0.2, 0.25) is 0 Å². The Kier molecular flexibility index (Phi) is 6.41. The number of hydrogen-bond donors (Lipinski definition) is 1. The number of halogens is 1. The number of rotatable bonds is 5. The number of pyridine rings is 1. The molecule has 0 atom stereocenters. The van der Waals surface area contributed by atoms with Crippen LogP contribution in [0.5, 0.6) is 0 Å². The van der Waals surface area contributed by atoms with Crippen LogP contribution in [0.4, 0.5) is 15.0 Å². The number of carbonyl (C=O) groups is 2. The Balaban J connectivity index is 1.56. The highest BCUT2D eigenvalue weighted by Crippen LogP contribution is 2.23. The van der Waals surface area contributed by atoms with Gasteiger partial charge in [-0.3, -0.25) is 4.79 Å². The van der Waals surface area contributed by atoms with E-state index in [9.17, 15) is 14.0 Å². The number of anilines is 1. The van der Waals surface area contributed by atoms with Gasteiger partial charge in [-0.05, 0) is 29.3 Å². The van der Waals surface area contributed by atoms with Gasteiger partial charge in [0.05, 0.1) is 0 Å². The SMILES string of the molecule is CNC(=O)COC(=O)N1CCN(c2ccc(-c3cccc(CF)c3)cn2)CC1. The number of ether oxygens (including phenoxy) is 1. The van der Waals surface area contributed by atoms with Gasteiger partial charge in [-0.1, -0.05) is 18.2 Å². The van der Waals surface area contributed by atoms with Gasteiger partial charge in [-0.25, -0.2) is 14.2 Å². The first-order valence-electron chi connectivity index (χ1n) is 9.09. The van der Waals surface area contributed by atoms with E-state index in [1.54, 1.807) is 17.2 Å². The van der Waals surface area contributed by atoms with Crippen molar-refractivity contribution in [3.63, 3.8) is 0 Å². The van der Waals surface area contributed by atoms with Crippen LogP contribution in [0.2, 0.25) is 0 Å². The average Bonchev–Trinajstić information content (AvgIpc) is 2.77. The number of piperazine rings is 1. The van der Waals surface area contributed by atoms with Gasteiger partial charge in [0.1, 0.15) is 12.5 Å². The molecule has 1 aliphatic heterocycles. The smallest absolute Gasteiger partial charge is 0.410 e. The van der Waals surface area contributed by atoms with Crippen molar-refractivity contribution < 1.29 is 18.7 Å². The molecule has 28 heavy (non-hydrogen) atoms. The van der Waals surface area contributed by atoms with Crippen molar-refractivity contribution in [3.8, 4) is 11.1 Å². The summed E-state index contributed by atoms with van der Waals surface area (Å²) in [5, 5.41) is 2.40. The number of likely N-dealkylation sites (N-methyl/N-ethyl adjacent to an activating group) is 1. The normalized spacial score (nSPS) is 13.9. The van der Waals surface area contributed by atoms with Crippen LogP contribution in [0, 0.1) is 0 Å². The van der Waals surface area contributed by atoms with Crippen LogP contribution in [0.15, 0.2) is 42.6 Å². The summed E-state index contributed by atoms with van der Waals surface area (Å²) in [5.41, 5.74) is 2.49. The van der Waals surface area contributed by atoms with Crippen LogP contribution < -0.4 is 10.2 Å². The van der Waals surface area contributed by atoms with E-state index in [1.807, 2.05) is 30.3 Å². The second-order valence-corrected chi connectivity index (χ2v) is 6.44. The fourth-order valence-electron chi connectivity index (χ4n) is 2.99. The highest BCUT2D eigenvalue weighted by molar-refractivity contribution is 5.79. The molecule has 1 aromatic heterocycles. The lowest BCUT2D eigenvalue weighted by Gasteiger charge is -2.34. The zero-order valence-corrected chi connectivity index (χ0v) is 15.7. The molecular weight excluding hydrogens is 363 g/mol. The standard InChI is InChI=1S/C20H23FN4O3/c1-22-19(26)14-28-20(27)25-9-7-24(8-10-25)18-6-5-17(13-23-18)16-4-2-3-15(11-16)12-21/h2-6,11,13H,7-10,12,14H2,1H3,(H,22,26). The van der Waals surface area contributed by atoms with E-state index in [-0.39, 0.29) is 12.5 Å². The van der Waals surface area contributed by atoms with Gasteiger partial charge in [-0.2, -0.15) is 0 Å². The number of nitrogens with one attached hydrogen (secondary N) is 1. The Morgan fingerprint density at radius 2 is 1.93 bits per heavy atom. The van der Waals surface area contributed by atoms with Crippen LogP contribution in [-0.4, -0.2) is 61.7 Å². The second-order valence-electron chi connectivity index (χ2n) is 6.44. The van der Waals surface area contributed by atoms with Gasteiger partial charge >= 0.3 is 6.09 Å². The lowest BCUT2D eigenvalue weighted by molar-refractivity contribution is -0.123. The van der Waals surface area contributed by atoms with Gasteiger partial charge < -0.3 is 19.9 Å². The topological polar surface area (TPSA) is 74.8 Å². The Bertz CT molecular complexity index is 820. The minimum atomic E-state index is -0.491. The van der Waals surface area contributed by atoms with E-state index < -0.39 is 12.8 Å². The summed E-state index contributed by atoms with van der Waals surface area (Å²) in [5.74, 6) is 0.483. The molecule has 0 saturated carbocycles. The number of alkyl halides is 1. The van der Waals surface area contributed by atoms with Gasteiger partial charge in [0.15, 0.2) is 6.61 Å². The third kappa shape index (κ3) is 4.76. The molecular formula is C20H23FN4O3. The van der Waals surface area contributed by atoms with Crippen LogP contribution >= 0.6 is 0 Å². The van der Waals surface area contributed by atoms with Crippen molar-refractivity contribution in [2.75, 3.05) is 44.7 Å². The van der Waals surface area contributed by atoms with Crippen molar-refractivity contribution >= 4 is 17.8 Å². The third-order valence-electron chi connectivity index (χ3n) is 4.63. The highest BCUT2D eigenvalue weighted by Gasteiger charge is 2.23. The highest BCUT2D eigenvalue weighted by atomic mass is 19.1. The van der Waals surface area contributed by atoms with Gasteiger partial charge in [0, 0.05) is 45.0 Å². The fraction of sp³-hybridized carbons (Fsp3) is 0.350. The number of carbonyl (C=O) groups excluding carboxylic acids is 2. The van der Waals surface area contributed by atoms with E-state index in [0.29, 0.717) is 31.7 Å². The molecule has 1 N–H and O–H groups in total. The maximum Gasteiger partial charge on any atom is 0.410 e. The van der Waals surface area contributed by atoms with Crippen molar-refractivity contribution in [1.29, 1.82) is 0 Å². The Labute approximate surface area is 163 Å². The Morgan fingerprint density at radius 1 is 1.14 bits per heavy atom. The molecule has 0 aliphatic carbocycles. The van der Waals surface area contributed by atoms with Crippen LogP contribution in [0.25, 0.3) is 11.1 Å². The summed E-state index contributed by atoms with van der Waals surface area (Å²) >= 11 is 0. The van der Waals surface area contributed by atoms with Gasteiger partial charge in [0.25, 0.3) is 5.91 Å². The first kappa shape index (κ1) is 19.6. The molecule has 148 valence electrons. The first-order valence-corrected chi connectivity index (χ1v) is 9.09. The molecule has 0 radical (unpaired) electrons. The summed E-state index contributed by atoms with van der Waals surface area (Å²) in [4.78, 5) is 31.3. The lowest BCUT2D eigenvalue weighted by Crippen LogP contribution is -2.49.